The van der Waals surface area contributed by atoms with Gasteiger partial charge < -0.3 is 25.2 Å². The average molecular weight is 180 g/mol. The third-order valence-electron chi connectivity index (χ3n) is 0.805. The second-order valence-electron chi connectivity index (χ2n) is 1.57. The highest BCUT2D eigenvalue weighted by Crippen LogP contribution is 1.92. The minimum atomic E-state index is -2.27. The van der Waals surface area contributed by atoms with Gasteiger partial charge in [0, 0.05) is 0 Å². The maximum absolute atomic E-state index is 9.77. The van der Waals surface area contributed by atoms with Crippen LogP contribution in [0.3, 0.4) is 0 Å². The maximum Gasteiger partial charge on any atom is 0.335 e. The van der Waals surface area contributed by atoms with Gasteiger partial charge in [-0.2, -0.15) is 0 Å². The first kappa shape index (κ1) is 13.1. The van der Waals surface area contributed by atoms with E-state index in [2.05, 4.69) is 0 Å². The molecule has 0 amide bonds. The molecule has 0 saturated carbocycles. The van der Waals surface area contributed by atoms with Gasteiger partial charge in [0.15, 0.2) is 12.2 Å². The van der Waals surface area contributed by atoms with Crippen LogP contribution in [-0.4, -0.2) is 51.4 Å². The Labute approximate surface area is 66.9 Å². The topological polar surface area (TPSA) is 132 Å². The normalized spacial score (nSPS) is 13.5. The molecule has 4 N–H and O–H groups in total. The molecular weight excluding hydrogens is 172 g/mol. The number of carboxylic acid groups (broad SMARTS) is 2. The second kappa shape index (κ2) is 6.25. The Bertz CT molecular complexity index is 147. The lowest BCUT2D eigenvalue weighted by Gasteiger charge is -2.07. The lowest BCUT2D eigenvalue weighted by atomic mass is 10.2. The van der Waals surface area contributed by atoms with Crippen LogP contribution < -0.4 is 0 Å². The highest BCUT2D eigenvalue weighted by Gasteiger charge is 2.29. The molecule has 0 aliphatic heterocycles. The van der Waals surface area contributed by atoms with E-state index in [0.29, 0.717) is 0 Å². The second-order valence-corrected chi connectivity index (χ2v) is 1.57. The fourth-order valence-electron chi connectivity index (χ4n) is 0.270. The van der Waals surface area contributed by atoms with Gasteiger partial charge in [0.05, 0.1) is 0 Å². The maximum atomic E-state index is 9.77. The Morgan fingerprint density at radius 1 is 0.917 bits per heavy atom. The molecule has 0 fully saturated rings. The molecule has 12 heavy (non-hydrogen) atoms. The predicted octanol–water partition coefficient (Wildman–Crippen LogP) is -2.31. The van der Waals surface area contributed by atoms with Gasteiger partial charge in [0.1, 0.15) is 6.79 Å². The van der Waals surface area contributed by atoms with Crippen molar-refractivity contribution in [2.75, 3.05) is 0 Å². The number of carbonyl (C=O) groups excluding carboxylic acids is 1. The molecule has 0 radical (unpaired) electrons. The Morgan fingerprint density at radius 2 is 1.08 bits per heavy atom. The highest BCUT2D eigenvalue weighted by molar-refractivity contribution is 5.82. The molecular formula is C5H8O7. The molecule has 0 aromatic rings. The van der Waals surface area contributed by atoms with Crippen LogP contribution in [0.4, 0.5) is 0 Å². The van der Waals surface area contributed by atoms with E-state index < -0.39 is 24.1 Å². The molecule has 0 aliphatic rings. The molecule has 2 atom stereocenters. The van der Waals surface area contributed by atoms with E-state index in [0.717, 1.165) is 0 Å². The number of hydrogen-bond acceptors (Lipinski definition) is 5. The highest BCUT2D eigenvalue weighted by atomic mass is 16.4. The van der Waals surface area contributed by atoms with Crippen LogP contribution in [-0.2, 0) is 14.4 Å². The summed E-state index contributed by atoms with van der Waals surface area (Å²) in [7, 11) is 0. The third-order valence-corrected chi connectivity index (χ3v) is 0.805. The van der Waals surface area contributed by atoms with E-state index in [1.54, 1.807) is 0 Å². The molecule has 7 nitrogen and oxygen atoms in total. The zero-order chi connectivity index (χ0) is 10.3. The van der Waals surface area contributed by atoms with Crippen molar-refractivity contribution in [3.05, 3.63) is 0 Å². The summed E-state index contributed by atoms with van der Waals surface area (Å²) in [6.45, 7) is 2.00. The monoisotopic (exact) mass is 180 g/mol. The molecule has 0 spiro atoms. The summed E-state index contributed by atoms with van der Waals surface area (Å²) in [6.07, 6.45) is -4.53. The lowest BCUT2D eigenvalue weighted by Crippen LogP contribution is -2.39. The Morgan fingerprint density at radius 3 is 1.17 bits per heavy atom. The van der Waals surface area contributed by atoms with Crippen molar-refractivity contribution in [2.24, 2.45) is 0 Å². The van der Waals surface area contributed by atoms with Crippen LogP contribution in [0.15, 0.2) is 0 Å². The number of carboxylic acids is 2. The molecule has 0 heterocycles. The number of hydrogen-bond donors (Lipinski definition) is 4. The van der Waals surface area contributed by atoms with Crippen LogP contribution in [0.25, 0.3) is 0 Å². The summed E-state index contributed by atoms with van der Waals surface area (Å²) in [5, 5.41) is 32.5. The van der Waals surface area contributed by atoms with Crippen LogP contribution in [0, 0.1) is 0 Å². The fourth-order valence-corrected chi connectivity index (χ4v) is 0.270. The fraction of sp³-hybridized carbons (Fsp3) is 0.400. The van der Waals surface area contributed by atoms with Crippen LogP contribution in [0.2, 0.25) is 0 Å². The zero-order valence-electron chi connectivity index (χ0n) is 5.88. The standard InChI is InChI=1S/C4H6O6.CH2O/c5-1(3(7)8)2(6)4(9)10;1-2/h1-2,5-6H,(H,7,8)(H,9,10);1H2. The number of aliphatic hydroxyl groups is 2. The van der Waals surface area contributed by atoms with Crippen molar-refractivity contribution >= 4 is 18.7 Å². The summed E-state index contributed by atoms with van der Waals surface area (Å²) >= 11 is 0. The molecule has 0 aromatic carbocycles. The summed E-state index contributed by atoms with van der Waals surface area (Å²) in [4.78, 5) is 27.5. The Kier molecular flexibility index (Phi) is 6.85. The van der Waals surface area contributed by atoms with Gasteiger partial charge in [-0.25, -0.2) is 9.59 Å². The summed E-state index contributed by atoms with van der Waals surface area (Å²) in [5.41, 5.74) is 0. The number of rotatable bonds is 3. The van der Waals surface area contributed by atoms with E-state index in [4.69, 9.17) is 25.2 Å². The van der Waals surface area contributed by atoms with Crippen molar-refractivity contribution in [1.82, 2.24) is 0 Å². The largest absolute Gasteiger partial charge is 0.479 e. The lowest BCUT2D eigenvalue weighted by molar-refractivity contribution is -0.165. The van der Waals surface area contributed by atoms with E-state index in [1.807, 2.05) is 6.79 Å². The van der Waals surface area contributed by atoms with Crippen molar-refractivity contribution in [2.45, 2.75) is 12.2 Å². The van der Waals surface area contributed by atoms with Crippen LogP contribution >= 0.6 is 0 Å². The van der Waals surface area contributed by atoms with Crippen molar-refractivity contribution in [1.29, 1.82) is 0 Å². The molecule has 0 aromatic heterocycles. The number of aliphatic carboxylic acids is 2. The van der Waals surface area contributed by atoms with Gasteiger partial charge in [-0.1, -0.05) is 0 Å². The van der Waals surface area contributed by atoms with Gasteiger partial charge in [-0.3, -0.25) is 0 Å². The average Bonchev–Trinajstić information content (AvgIpc) is 2.05. The molecule has 7 heteroatoms. The SMILES string of the molecule is C=O.O=C(O)C(O)C(O)C(=O)O. The molecule has 2 unspecified atom stereocenters. The first-order valence-electron chi connectivity index (χ1n) is 2.57. The van der Waals surface area contributed by atoms with Gasteiger partial charge in [-0.15, -0.1) is 0 Å². The zero-order valence-corrected chi connectivity index (χ0v) is 5.88. The summed E-state index contributed by atoms with van der Waals surface area (Å²) in [5.74, 6) is -3.54. The Hall–Kier alpha value is -1.47. The Balaban J connectivity index is 0. The first-order chi connectivity index (χ1) is 5.46. The molecule has 0 bridgehead atoms. The number of carbonyl (C=O) groups is 3. The van der Waals surface area contributed by atoms with Crippen molar-refractivity contribution in [3.63, 3.8) is 0 Å². The van der Waals surface area contributed by atoms with Crippen molar-refractivity contribution in [3.8, 4) is 0 Å². The van der Waals surface area contributed by atoms with E-state index in [1.165, 1.54) is 0 Å². The molecule has 0 aliphatic carbocycles. The molecule has 0 rings (SSSR count). The predicted molar refractivity (Wildman–Crippen MR) is 34.4 cm³/mol. The first-order valence-corrected chi connectivity index (χ1v) is 2.57. The summed E-state index contributed by atoms with van der Waals surface area (Å²) < 4.78 is 0. The third kappa shape index (κ3) is 4.36. The molecule has 70 valence electrons. The minimum absolute atomic E-state index is 1.77. The van der Waals surface area contributed by atoms with Gasteiger partial charge >= 0.3 is 11.9 Å². The van der Waals surface area contributed by atoms with Crippen molar-refractivity contribution < 1.29 is 34.8 Å². The van der Waals surface area contributed by atoms with Gasteiger partial charge in [0.2, 0.25) is 0 Å². The molecule has 0 saturated heterocycles. The number of aliphatic hydroxyl groups excluding tert-OH is 2. The van der Waals surface area contributed by atoms with Crippen LogP contribution in [0.5, 0.6) is 0 Å². The van der Waals surface area contributed by atoms with E-state index in [-0.39, 0.29) is 0 Å². The van der Waals surface area contributed by atoms with Crippen LogP contribution in [0.1, 0.15) is 0 Å². The van der Waals surface area contributed by atoms with E-state index >= 15 is 0 Å². The smallest absolute Gasteiger partial charge is 0.335 e. The minimum Gasteiger partial charge on any atom is -0.479 e. The summed E-state index contributed by atoms with van der Waals surface area (Å²) in [6, 6.07) is 0. The van der Waals surface area contributed by atoms with Gasteiger partial charge in [0.25, 0.3) is 0 Å². The van der Waals surface area contributed by atoms with E-state index in [9.17, 15) is 9.59 Å². The van der Waals surface area contributed by atoms with Gasteiger partial charge in [-0.05, 0) is 0 Å². The quantitative estimate of drug-likeness (QED) is 0.383.